The molecule has 2 unspecified atom stereocenters. The third-order valence-electron chi connectivity index (χ3n) is 3.16. The first-order valence-corrected chi connectivity index (χ1v) is 6.16. The van der Waals surface area contributed by atoms with Gasteiger partial charge >= 0.3 is 5.97 Å². The van der Waals surface area contributed by atoms with Crippen LogP contribution in [0.25, 0.3) is 0 Å². The zero-order chi connectivity index (χ0) is 14.6. The van der Waals surface area contributed by atoms with E-state index in [2.05, 4.69) is 0 Å². The molecule has 1 aromatic carbocycles. The summed E-state index contributed by atoms with van der Waals surface area (Å²) in [6.07, 6.45) is 0.335. The van der Waals surface area contributed by atoms with E-state index in [4.69, 9.17) is 15.6 Å². The van der Waals surface area contributed by atoms with Crippen molar-refractivity contribution < 1.29 is 14.6 Å². The molecule has 2 atom stereocenters. The normalized spacial score (nSPS) is 14.2. The van der Waals surface area contributed by atoms with E-state index in [-0.39, 0.29) is 6.04 Å². The first-order valence-electron chi connectivity index (χ1n) is 6.16. The van der Waals surface area contributed by atoms with E-state index in [1.54, 1.807) is 7.11 Å². The Balaban J connectivity index is 3.11. The predicted octanol–water partition coefficient (Wildman–Crippen LogP) is 1.41. The van der Waals surface area contributed by atoms with Crippen molar-refractivity contribution in [3.05, 3.63) is 29.3 Å². The number of benzene rings is 1. The maximum atomic E-state index is 10.9. The van der Waals surface area contributed by atoms with Gasteiger partial charge in [0.25, 0.3) is 0 Å². The third kappa shape index (κ3) is 3.94. The van der Waals surface area contributed by atoms with Crippen LogP contribution in [0, 0.1) is 6.92 Å². The first-order chi connectivity index (χ1) is 8.86. The van der Waals surface area contributed by atoms with Gasteiger partial charge in [-0.2, -0.15) is 0 Å². The molecule has 5 nitrogen and oxygen atoms in total. The fourth-order valence-corrected chi connectivity index (χ4v) is 2.07. The Bertz CT molecular complexity index is 446. The SMILES string of the molecule is COc1ccc(C)cc1C(CC(N)C(=O)O)N(C)C. The summed E-state index contributed by atoms with van der Waals surface area (Å²) in [5, 5.41) is 8.97. The van der Waals surface area contributed by atoms with Gasteiger partial charge in [0, 0.05) is 11.6 Å². The van der Waals surface area contributed by atoms with Crippen molar-refractivity contribution in [2.75, 3.05) is 21.2 Å². The standard InChI is InChI=1S/C14H22N2O3/c1-9-5-6-13(19-4)10(7-9)12(16(2)3)8-11(15)14(17)18/h5-7,11-12H,8,15H2,1-4H3,(H,17,18). The Hall–Kier alpha value is -1.59. The van der Waals surface area contributed by atoms with Crippen molar-refractivity contribution in [1.29, 1.82) is 0 Å². The number of hydrogen-bond donors (Lipinski definition) is 2. The number of rotatable bonds is 6. The highest BCUT2D eigenvalue weighted by Crippen LogP contribution is 2.32. The second-order valence-electron chi connectivity index (χ2n) is 4.91. The van der Waals surface area contributed by atoms with Crippen molar-refractivity contribution >= 4 is 5.97 Å². The Morgan fingerprint density at radius 1 is 1.47 bits per heavy atom. The number of aliphatic carboxylic acids is 1. The van der Waals surface area contributed by atoms with Gasteiger partial charge in [-0.05, 0) is 33.5 Å². The minimum Gasteiger partial charge on any atom is -0.496 e. The maximum Gasteiger partial charge on any atom is 0.320 e. The minimum atomic E-state index is -0.988. The Morgan fingerprint density at radius 3 is 2.58 bits per heavy atom. The van der Waals surface area contributed by atoms with Crippen molar-refractivity contribution in [2.45, 2.75) is 25.4 Å². The third-order valence-corrected chi connectivity index (χ3v) is 3.16. The molecule has 0 spiro atoms. The highest BCUT2D eigenvalue weighted by atomic mass is 16.5. The molecule has 0 aliphatic carbocycles. The quantitative estimate of drug-likeness (QED) is 0.814. The fraction of sp³-hybridized carbons (Fsp3) is 0.500. The van der Waals surface area contributed by atoms with Crippen LogP contribution in [0.3, 0.4) is 0 Å². The average molecular weight is 266 g/mol. The van der Waals surface area contributed by atoms with E-state index in [0.29, 0.717) is 6.42 Å². The number of carboxylic acids is 1. The van der Waals surface area contributed by atoms with Crippen LogP contribution in [-0.4, -0.2) is 43.2 Å². The average Bonchev–Trinajstić information content (AvgIpc) is 2.34. The molecular formula is C14H22N2O3. The van der Waals surface area contributed by atoms with Crippen LogP contribution in [0.4, 0.5) is 0 Å². The monoisotopic (exact) mass is 266 g/mol. The predicted molar refractivity (Wildman–Crippen MR) is 74.4 cm³/mol. The molecule has 1 aromatic rings. The number of hydrogen-bond acceptors (Lipinski definition) is 4. The molecule has 5 heteroatoms. The summed E-state index contributed by atoms with van der Waals surface area (Å²) in [6, 6.07) is 4.89. The molecule has 106 valence electrons. The molecule has 0 aliphatic rings. The van der Waals surface area contributed by atoms with Gasteiger partial charge in [-0.1, -0.05) is 17.7 Å². The van der Waals surface area contributed by atoms with E-state index < -0.39 is 12.0 Å². The summed E-state index contributed by atoms with van der Waals surface area (Å²) in [5.41, 5.74) is 7.72. The van der Waals surface area contributed by atoms with Crippen molar-refractivity contribution in [3.63, 3.8) is 0 Å². The summed E-state index contributed by atoms with van der Waals surface area (Å²) in [4.78, 5) is 12.9. The lowest BCUT2D eigenvalue weighted by atomic mass is 9.96. The number of nitrogens with zero attached hydrogens (tertiary/aromatic N) is 1. The smallest absolute Gasteiger partial charge is 0.320 e. The highest BCUT2D eigenvalue weighted by Gasteiger charge is 2.24. The summed E-state index contributed by atoms with van der Waals surface area (Å²) in [6.45, 7) is 1.99. The van der Waals surface area contributed by atoms with Crippen LogP contribution in [0.1, 0.15) is 23.6 Å². The van der Waals surface area contributed by atoms with Gasteiger partial charge in [0.15, 0.2) is 0 Å². The molecule has 0 saturated carbocycles. The van der Waals surface area contributed by atoms with Crippen molar-refractivity contribution in [3.8, 4) is 5.75 Å². The van der Waals surface area contributed by atoms with Gasteiger partial charge in [0.2, 0.25) is 0 Å². The second-order valence-corrected chi connectivity index (χ2v) is 4.91. The molecule has 0 aromatic heterocycles. The number of carboxylic acid groups (broad SMARTS) is 1. The number of ether oxygens (including phenoxy) is 1. The highest BCUT2D eigenvalue weighted by molar-refractivity contribution is 5.73. The van der Waals surface area contributed by atoms with Crippen LogP contribution in [0.5, 0.6) is 5.75 Å². The molecule has 0 saturated heterocycles. The molecule has 1 rings (SSSR count). The summed E-state index contributed by atoms with van der Waals surface area (Å²) < 4.78 is 5.36. The van der Waals surface area contributed by atoms with Crippen LogP contribution in [-0.2, 0) is 4.79 Å². The first kappa shape index (κ1) is 15.5. The van der Waals surface area contributed by atoms with E-state index in [9.17, 15) is 4.79 Å². The molecule has 0 radical (unpaired) electrons. The fourth-order valence-electron chi connectivity index (χ4n) is 2.07. The van der Waals surface area contributed by atoms with E-state index in [0.717, 1.165) is 16.9 Å². The van der Waals surface area contributed by atoms with Crippen LogP contribution >= 0.6 is 0 Å². The van der Waals surface area contributed by atoms with Crippen LogP contribution < -0.4 is 10.5 Å². The Kier molecular flexibility index (Phi) is 5.32. The van der Waals surface area contributed by atoms with Crippen LogP contribution in [0.2, 0.25) is 0 Å². The number of carbonyl (C=O) groups is 1. The number of methoxy groups -OCH3 is 1. The zero-order valence-electron chi connectivity index (χ0n) is 11.9. The van der Waals surface area contributed by atoms with Gasteiger partial charge in [0.1, 0.15) is 11.8 Å². The maximum absolute atomic E-state index is 10.9. The number of aryl methyl sites for hydroxylation is 1. The molecular weight excluding hydrogens is 244 g/mol. The second kappa shape index (κ2) is 6.54. The lowest BCUT2D eigenvalue weighted by molar-refractivity contribution is -0.139. The number of nitrogens with two attached hydrogens (primary N) is 1. The van der Waals surface area contributed by atoms with Gasteiger partial charge in [-0.25, -0.2) is 0 Å². The van der Waals surface area contributed by atoms with Crippen molar-refractivity contribution in [2.24, 2.45) is 5.73 Å². The van der Waals surface area contributed by atoms with E-state index in [1.807, 2.05) is 44.1 Å². The topological polar surface area (TPSA) is 75.8 Å². The Morgan fingerprint density at radius 2 is 2.11 bits per heavy atom. The summed E-state index contributed by atoms with van der Waals surface area (Å²) in [5.74, 6) is -0.236. The Labute approximate surface area is 114 Å². The van der Waals surface area contributed by atoms with Gasteiger partial charge in [-0.3, -0.25) is 4.79 Å². The lowest BCUT2D eigenvalue weighted by Gasteiger charge is -2.28. The molecule has 0 fully saturated rings. The molecule has 19 heavy (non-hydrogen) atoms. The largest absolute Gasteiger partial charge is 0.496 e. The van der Waals surface area contributed by atoms with Gasteiger partial charge in [-0.15, -0.1) is 0 Å². The summed E-state index contributed by atoms with van der Waals surface area (Å²) >= 11 is 0. The van der Waals surface area contributed by atoms with Gasteiger partial charge in [0.05, 0.1) is 7.11 Å². The van der Waals surface area contributed by atoms with Crippen molar-refractivity contribution in [1.82, 2.24) is 4.90 Å². The lowest BCUT2D eigenvalue weighted by Crippen LogP contribution is -2.35. The van der Waals surface area contributed by atoms with E-state index in [1.165, 1.54) is 0 Å². The molecule has 3 N–H and O–H groups in total. The van der Waals surface area contributed by atoms with E-state index >= 15 is 0 Å². The van der Waals surface area contributed by atoms with Crippen LogP contribution in [0.15, 0.2) is 18.2 Å². The minimum absolute atomic E-state index is 0.0963. The molecule has 0 bridgehead atoms. The molecule has 0 aliphatic heterocycles. The van der Waals surface area contributed by atoms with Gasteiger partial charge < -0.3 is 20.5 Å². The zero-order valence-corrected chi connectivity index (χ0v) is 11.9. The molecule has 0 amide bonds. The molecule has 0 heterocycles. The summed E-state index contributed by atoms with van der Waals surface area (Å²) in [7, 11) is 5.42.